The summed E-state index contributed by atoms with van der Waals surface area (Å²) in [7, 11) is 1.68. The summed E-state index contributed by atoms with van der Waals surface area (Å²) in [4.78, 5) is 4.46. The number of hydrogen-bond acceptors (Lipinski definition) is 6. The highest BCUT2D eigenvalue weighted by Crippen LogP contribution is 2.35. The van der Waals surface area contributed by atoms with Gasteiger partial charge in [0.05, 0.1) is 6.61 Å². The van der Waals surface area contributed by atoms with Crippen molar-refractivity contribution < 1.29 is 9.47 Å². The number of benzene rings is 1. The third kappa shape index (κ3) is 2.69. The quantitative estimate of drug-likeness (QED) is 0.850. The Morgan fingerprint density at radius 3 is 3.21 bits per heavy atom. The summed E-state index contributed by atoms with van der Waals surface area (Å²) < 4.78 is 15.2. The maximum Gasteiger partial charge on any atom is 0.202 e. The molecule has 2 aromatic rings. The van der Waals surface area contributed by atoms with E-state index in [1.807, 2.05) is 18.2 Å². The molecule has 1 aliphatic rings. The molecule has 6 heteroatoms. The Labute approximate surface area is 115 Å². The summed E-state index contributed by atoms with van der Waals surface area (Å²) in [5, 5.41) is 3.99. The van der Waals surface area contributed by atoms with Crippen molar-refractivity contribution in [3.05, 3.63) is 35.7 Å². The van der Waals surface area contributed by atoms with Gasteiger partial charge in [0.15, 0.2) is 11.9 Å². The molecule has 0 aliphatic carbocycles. The average Bonchev–Trinajstić information content (AvgIpc) is 3.04. The summed E-state index contributed by atoms with van der Waals surface area (Å²) in [6, 6.07) is 8.07. The minimum Gasteiger partial charge on any atom is -0.482 e. The summed E-state index contributed by atoms with van der Waals surface area (Å²) in [6.07, 6.45) is 0.774. The van der Waals surface area contributed by atoms with Gasteiger partial charge in [0.2, 0.25) is 5.13 Å². The highest BCUT2D eigenvalue weighted by Gasteiger charge is 2.27. The number of ether oxygens (including phenoxy) is 2. The summed E-state index contributed by atoms with van der Waals surface area (Å²) in [6.45, 7) is 1.39. The third-order valence-electron chi connectivity index (χ3n) is 2.96. The monoisotopic (exact) mass is 277 g/mol. The smallest absolute Gasteiger partial charge is 0.202 e. The Kier molecular flexibility index (Phi) is 3.61. The minimum absolute atomic E-state index is 0.0633. The molecule has 1 unspecified atom stereocenters. The van der Waals surface area contributed by atoms with Crippen LogP contribution in [-0.2, 0) is 11.2 Å². The summed E-state index contributed by atoms with van der Waals surface area (Å²) in [5.74, 6) is 1.69. The molecule has 3 rings (SSSR count). The normalized spacial score (nSPS) is 17.0. The molecule has 1 N–H and O–H groups in total. The van der Waals surface area contributed by atoms with Crippen LogP contribution in [-0.4, -0.2) is 29.6 Å². The number of para-hydroxylation sites is 1. The van der Waals surface area contributed by atoms with E-state index in [1.54, 1.807) is 7.11 Å². The van der Waals surface area contributed by atoms with Crippen LogP contribution in [0.3, 0.4) is 0 Å². The van der Waals surface area contributed by atoms with E-state index in [9.17, 15) is 0 Å². The largest absolute Gasteiger partial charge is 0.482 e. The van der Waals surface area contributed by atoms with Crippen molar-refractivity contribution in [2.75, 3.05) is 25.6 Å². The van der Waals surface area contributed by atoms with Gasteiger partial charge in [-0.15, -0.1) is 0 Å². The van der Waals surface area contributed by atoms with Crippen molar-refractivity contribution >= 4 is 16.7 Å². The Hall–Kier alpha value is -1.66. The standard InChI is InChI=1S/C13H15N3O2S/c1-17-7-6-14-13-15-12(16-19-13)11-8-9-4-2-3-5-10(9)18-11/h2-5,11H,6-8H2,1H3,(H,14,15,16). The Morgan fingerprint density at radius 2 is 2.37 bits per heavy atom. The Bertz CT molecular complexity index is 533. The molecule has 100 valence electrons. The number of anilines is 1. The first kappa shape index (κ1) is 12.4. The van der Waals surface area contributed by atoms with Gasteiger partial charge in [-0.2, -0.15) is 9.36 Å². The second kappa shape index (κ2) is 5.54. The van der Waals surface area contributed by atoms with E-state index in [1.165, 1.54) is 17.1 Å². The first-order valence-corrected chi connectivity index (χ1v) is 6.95. The lowest BCUT2D eigenvalue weighted by atomic mass is 10.1. The van der Waals surface area contributed by atoms with Crippen LogP contribution in [0.1, 0.15) is 17.5 Å². The summed E-state index contributed by atoms with van der Waals surface area (Å²) >= 11 is 1.36. The third-order valence-corrected chi connectivity index (χ3v) is 3.65. The van der Waals surface area contributed by atoms with E-state index in [0.29, 0.717) is 6.61 Å². The molecule has 0 radical (unpaired) electrons. The number of nitrogens with zero attached hydrogens (tertiary/aromatic N) is 2. The van der Waals surface area contributed by atoms with Crippen LogP contribution in [0.2, 0.25) is 0 Å². The zero-order valence-electron chi connectivity index (χ0n) is 10.6. The van der Waals surface area contributed by atoms with E-state index >= 15 is 0 Å². The molecule has 1 atom stereocenters. The van der Waals surface area contributed by atoms with Crippen molar-refractivity contribution in [2.24, 2.45) is 0 Å². The Balaban J connectivity index is 1.65. The molecule has 0 spiro atoms. The molecule has 0 amide bonds. The van der Waals surface area contributed by atoms with Crippen molar-refractivity contribution in [3.63, 3.8) is 0 Å². The van der Waals surface area contributed by atoms with Crippen LogP contribution in [0.4, 0.5) is 5.13 Å². The zero-order chi connectivity index (χ0) is 13.1. The van der Waals surface area contributed by atoms with Crippen LogP contribution >= 0.6 is 11.5 Å². The second-order valence-corrected chi connectivity index (χ2v) is 5.05. The van der Waals surface area contributed by atoms with Crippen molar-refractivity contribution in [1.29, 1.82) is 0 Å². The van der Waals surface area contributed by atoms with Crippen LogP contribution in [0.5, 0.6) is 5.75 Å². The lowest BCUT2D eigenvalue weighted by Crippen LogP contribution is -2.08. The fraction of sp³-hybridized carbons (Fsp3) is 0.385. The molecular formula is C13H15N3O2S. The molecule has 2 heterocycles. The van der Waals surface area contributed by atoms with E-state index in [4.69, 9.17) is 9.47 Å². The predicted octanol–water partition coefficient (Wildman–Crippen LogP) is 2.27. The number of hydrogen-bond donors (Lipinski definition) is 1. The van der Waals surface area contributed by atoms with Gasteiger partial charge in [0.1, 0.15) is 5.75 Å². The number of fused-ring (bicyclic) bond motifs is 1. The number of rotatable bonds is 5. The van der Waals surface area contributed by atoms with Gasteiger partial charge in [-0.25, -0.2) is 0 Å². The molecule has 0 saturated carbocycles. The molecule has 19 heavy (non-hydrogen) atoms. The van der Waals surface area contributed by atoms with Crippen LogP contribution in [0, 0.1) is 0 Å². The molecule has 1 aromatic carbocycles. The maximum absolute atomic E-state index is 5.86. The van der Waals surface area contributed by atoms with Gasteiger partial charge in [-0.3, -0.25) is 0 Å². The van der Waals surface area contributed by atoms with E-state index < -0.39 is 0 Å². The number of nitrogens with one attached hydrogen (secondary N) is 1. The fourth-order valence-corrected chi connectivity index (χ4v) is 2.66. The predicted molar refractivity (Wildman–Crippen MR) is 73.8 cm³/mol. The van der Waals surface area contributed by atoms with Gasteiger partial charge in [0.25, 0.3) is 0 Å². The molecule has 5 nitrogen and oxygen atoms in total. The highest BCUT2D eigenvalue weighted by molar-refractivity contribution is 7.09. The van der Waals surface area contributed by atoms with Crippen LogP contribution < -0.4 is 10.1 Å². The van der Waals surface area contributed by atoms with Gasteiger partial charge in [-0.05, 0) is 11.6 Å². The molecule has 0 fully saturated rings. The average molecular weight is 277 g/mol. The summed E-state index contributed by atoms with van der Waals surface area (Å²) in [5.41, 5.74) is 1.22. The van der Waals surface area contributed by atoms with Crippen LogP contribution in [0.15, 0.2) is 24.3 Å². The van der Waals surface area contributed by atoms with Gasteiger partial charge >= 0.3 is 0 Å². The Morgan fingerprint density at radius 1 is 1.47 bits per heavy atom. The molecule has 1 aliphatic heterocycles. The minimum atomic E-state index is -0.0633. The van der Waals surface area contributed by atoms with Gasteiger partial charge < -0.3 is 14.8 Å². The molecule has 0 saturated heterocycles. The maximum atomic E-state index is 5.86. The SMILES string of the molecule is COCCNc1nc(C2Cc3ccccc3O2)ns1. The van der Waals surface area contributed by atoms with E-state index in [0.717, 1.165) is 29.7 Å². The van der Waals surface area contributed by atoms with Crippen LogP contribution in [0.25, 0.3) is 0 Å². The van der Waals surface area contributed by atoms with Crippen molar-refractivity contribution in [1.82, 2.24) is 9.36 Å². The topological polar surface area (TPSA) is 56.3 Å². The number of aromatic nitrogens is 2. The fourth-order valence-electron chi connectivity index (χ4n) is 2.02. The van der Waals surface area contributed by atoms with E-state index in [2.05, 4.69) is 20.7 Å². The second-order valence-electron chi connectivity index (χ2n) is 4.30. The van der Waals surface area contributed by atoms with Gasteiger partial charge in [-0.1, -0.05) is 18.2 Å². The zero-order valence-corrected chi connectivity index (χ0v) is 11.4. The first-order chi connectivity index (χ1) is 9.36. The molecular weight excluding hydrogens is 262 g/mol. The first-order valence-electron chi connectivity index (χ1n) is 6.18. The highest BCUT2D eigenvalue weighted by atomic mass is 32.1. The van der Waals surface area contributed by atoms with Gasteiger partial charge in [0, 0.05) is 31.6 Å². The lowest BCUT2D eigenvalue weighted by Gasteiger charge is -2.05. The lowest BCUT2D eigenvalue weighted by molar-refractivity contribution is 0.210. The molecule has 0 bridgehead atoms. The number of methoxy groups -OCH3 is 1. The molecule has 1 aromatic heterocycles. The van der Waals surface area contributed by atoms with E-state index in [-0.39, 0.29) is 6.10 Å². The van der Waals surface area contributed by atoms with Crippen molar-refractivity contribution in [2.45, 2.75) is 12.5 Å². The van der Waals surface area contributed by atoms with Crippen molar-refractivity contribution in [3.8, 4) is 5.75 Å².